The monoisotopic (exact) mass is 537 g/mol. The molecule has 0 saturated carbocycles. The summed E-state index contributed by atoms with van der Waals surface area (Å²) in [6.07, 6.45) is -3.31. The maximum absolute atomic E-state index is 12.4. The highest BCUT2D eigenvalue weighted by Crippen LogP contribution is 2.32. The Hall–Kier alpha value is -2.94. The summed E-state index contributed by atoms with van der Waals surface area (Å²) in [5.41, 5.74) is 0. The zero-order valence-corrected chi connectivity index (χ0v) is 18.6. The van der Waals surface area contributed by atoms with Gasteiger partial charge >= 0.3 is 12.3 Å². The van der Waals surface area contributed by atoms with Gasteiger partial charge in [-0.15, -0.1) is 23.4 Å². The minimum Gasteiger partial charge on any atom is -0.492 e. The van der Waals surface area contributed by atoms with E-state index >= 15 is 0 Å². The van der Waals surface area contributed by atoms with Crippen LogP contribution in [0.3, 0.4) is 0 Å². The maximum atomic E-state index is 12.4. The topological polar surface area (TPSA) is 121 Å². The Bertz CT molecular complexity index is 1080. The van der Waals surface area contributed by atoms with Gasteiger partial charge in [0.25, 0.3) is 5.19 Å². The molecule has 2 heterocycles. The van der Waals surface area contributed by atoms with Crippen LogP contribution >= 0.6 is 27.3 Å². The van der Waals surface area contributed by atoms with Crippen LogP contribution in [0.25, 0.3) is 10.7 Å². The zero-order valence-electron chi connectivity index (χ0n) is 16.2. The van der Waals surface area contributed by atoms with Crippen molar-refractivity contribution in [2.45, 2.75) is 19.8 Å². The lowest BCUT2D eigenvalue weighted by Gasteiger charge is -2.15. The Kier molecular flexibility index (Phi) is 7.50. The van der Waals surface area contributed by atoms with Gasteiger partial charge in [-0.25, -0.2) is 4.98 Å². The van der Waals surface area contributed by atoms with E-state index in [1.807, 2.05) is 6.92 Å². The summed E-state index contributed by atoms with van der Waals surface area (Å²) in [6, 6.07) is 3.71. The molecule has 15 heteroatoms. The largest absolute Gasteiger partial charge is 0.573 e. The lowest BCUT2D eigenvalue weighted by atomic mass is 10.2. The van der Waals surface area contributed by atoms with Crippen molar-refractivity contribution >= 4 is 33.2 Å². The summed E-state index contributed by atoms with van der Waals surface area (Å²) in [4.78, 5) is 16.3. The lowest BCUT2D eigenvalue weighted by Crippen LogP contribution is -2.18. The number of hydrogen-bond donors (Lipinski definition) is 1. The minimum absolute atomic E-state index is 0.129. The predicted octanol–water partition coefficient (Wildman–Crippen LogP) is 3.64. The third-order valence-electron chi connectivity index (χ3n) is 3.59. The number of carboxylic acid groups (broad SMARTS) is 1. The number of thiazole rings is 1. The highest BCUT2D eigenvalue weighted by atomic mass is 79.9. The summed E-state index contributed by atoms with van der Waals surface area (Å²) in [5.74, 6) is -1.18. The van der Waals surface area contributed by atoms with Crippen molar-refractivity contribution in [3.05, 3.63) is 28.9 Å². The molecule has 0 amide bonds. The minimum atomic E-state index is -4.79. The Morgan fingerprint density at radius 1 is 1.31 bits per heavy atom. The number of rotatable bonds is 10. The smallest absolute Gasteiger partial charge is 0.492 e. The van der Waals surface area contributed by atoms with Gasteiger partial charge in [-0.05, 0) is 33.3 Å². The van der Waals surface area contributed by atoms with Crippen LogP contribution in [0, 0.1) is 5.92 Å². The normalized spacial score (nSPS) is 12.4. The molecule has 32 heavy (non-hydrogen) atoms. The van der Waals surface area contributed by atoms with E-state index in [2.05, 4.69) is 41.1 Å². The van der Waals surface area contributed by atoms with Crippen molar-refractivity contribution in [2.24, 2.45) is 5.92 Å². The molecule has 0 aliphatic rings. The van der Waals surface area contributed by atoms with E-state index in [-0.39, 0.29) is 36.5 Å². The number of aromatic nitrogens is 5. The Morgan fingerprint density at radius 3 is 2.78 bits per heavy atom. The molecule has 0 radical (unpaired) electrons. The van der Waals surface area contributed by atoms with E-state index in [4.69, 9.17) is 14.6 Å². The number of aliphatic carboxylic acids is 1. The third-order valence-corrected chi connectivity index (χ3v) is 5.15. The molecular formula is C17H15BrF3N5O5S. The molecule has 10 nitrogen and oxygen atoms in total. The van der Waals surface area contributed by atoms with Gasteiger partial charge in [0.05, 0.1) is 28.8 Å². The van der Waals surface area contributed by atoms with Gasteiger partial charge in [-0.3, -0.25) is 4.79 Å². The van der Waals surface area contributed by atoms with Crippen molar-refractivity contribution in [1.29, 1.82) is 0 Å². The fraction of sp³-hybridized carbons (Fsp3) is 0.353. The molecule has 0 unspecified atom stereocenters. The molecule has 0 bridgehead atoms. The highest BCUT2D eigenvalue weighted by molar-refractivity contribution is 9.10. The number of carbonyl (C=O) groups is 1. The zero-order chi connectivity index (χ0) is 23.3. The molecule has 0 spiro atoms. The second-order valence-electron chi connectivity index (χ2n) is 6.39. The molecular weight excluding hydrogens is 523 g/mol. The van der Waals surface area contributed by atoms with Crippen LogP contribution in [0.5, 0.6) is 16.7 Å². The number of benzene rings is 1. The first-order chi connectivity index (χ1) is 15.1. The van der Waals surface area contributed by atoms with Crippen molar-refractivity contribution in [3.8, 4) is 27.4 Å². The molecule has 0 saturated heterocycles. The predicted molar refractivity (Wildman–Crippen MR) is 108 cm³/mol. The van der Waals surface area contributed by atoms with Crippen LogP contribution in [-0.4, -0.2) is 55.8 Å². The highest BCUT2D eigenvalue weighted by Gasteiger charge is 2.31. The van der Waals surface area contributed by atoms with E-state index in [1.165, 1.54) is 18.3 Å². The Balaban J connectivity index is 1.50. The van der Waals surface area contributed by atoms with Gasteiger partial charge in [0.1, 0.15) is 11.5 Å². The lowest BCUT2D eigenvalue weighted by molar-refractivity contribution is -0.274. The second-order valence-corrected chi connectivity index (χ2v) is 8.24. The number of halogens is 4. The Labute approximate surface area is 191 Å². The SMILES string of the molecule is C[C@@H](COc1ncc(-c2nnn(CC(=O)O)n2)s1)COc1cc(OC(F)(F)F)ccc1Br. The number of nitrogens with zero attached hydrogens (tertiary/aromatic N) is 5. The third kappa shape index (κ3) is 7.05. The van der Waals surface area contributed by atoms with Gasteiger partial charge in [0.15, 0.2) is 6.54 Å². The van der Waals surface area contributed by atoms with Gasteiger partial charge in [0.2, 0.25) is 5.82 Å². The average molecular weight is 538 g/mol. The van der Waals surface area contributed by atoms with Crippen LogP contribution in [0.4, 0.5) is 13.2 Å². The molecule has 3 rings (SSSR count). The van der Waals surface area contributed by atoms with Gasteiger partial charge < -0.3 is 19.3 Å². The van der Waals surface area contributed by atoms with Gasteiger partial charge in [-0.1, -0.05) is 18.3 Å². The van der Waals surface area contributed by atoms with Crippen LogP contribution < -0.4 is 14.2 Å². The number of carboxylic acids is 1. The van der Waals surface area contributed by atoms with E-state index in [0.717, 1.165) is 22.2 Å². The van der Waals surface area contributed by atoms with Crippen molar-refractivity contribution in [3.63, 3.8) is 0 Å². The fourth-order valence-electron chi connectivity index (χ4n) is 2.24. The van der Waals surface area contributed by atoms with Crippen molar-refractivity contribution in [2.75, 3.05) is 13.2 Å². The molecule has 1 atom stereocenters. The van der Waals surface area contributed by atoms with E-state index in [9.17, 15) is 18.0 Å². The van der Waals surface area contributed by atoms with Crippen molar-refractivity contribution < 1.29 is 37.3 Å². The molecule has 0 fully saturated rings. The summed E-state index contributed by atoms with van der Waals surface area (Å²) in [5, 5.41) is 20.4. The average Bonchev–Trinajstić information content (AvgIpc) is 3.34. The molecule has 0 aliphatic heterocycles. The quantitative estimate of drug-likeness (QED) is 0.413. The van der Waals surface area contributed by atoms with Crippen LogP contribution in [-0.2, 0) is 11.3 Å². The summed E-state index contributed by atoms with van der Waals surface area (Å²) < 4.78 is 52.7. The number of tetrazole rings is 1. The molecule has 2 aromatic heterocycles. The van der Waals surface area contributed by atoms with E-state index in [0.29, 0.717) is 14.5 Å². The summed E-state index contributed by atoms with van der Waals surface area (Å²) >= 11 is 4.38. The first kappa shape index (κ1) is 23.7. The summed E-state index contributed by atoms with van der Waals surface area (Å²) in [6.45, 7) is 1.81. The van der Waals surface area contributed by atoms with Crippen molar-refractivity contribution in [1.82, 2.24) is 25.2 Å². The molecule has 172 valence electrons. The van der Waals surface area contributed by atoms with Gasteiger partial charge in [0, 0.05) is 12.0 Å². The maximum Gasteiger partial charge on any atom is 0.573 e. The van der Waals surface area contributed by atoms with E-state index in [1.54, 1.807) is 0 Å². The fourth-order valence-corrected chi connectivity index (χ4v) is 3.30. The first-order valence-electron chi connectivity index (χ1n) is 8.86. The number of alkyl halides is 3. The standard InChI is InChI=1S/C17H15BrF3N5O5S/c1-9(7-29-12-4-10(2-3-11(12)18)31-17(19,20)21)8-30-16-22-5-13(32-16)15-23-25-26(24-15)6-14(27)28/h2-5,9H,6-8H2,1H3,(H,27,28)/t9-/m1/s1. The molecule has 0 aliphatic carbocycles. The summed E-state index contributed by atoms with van der Waals surface area (Å²) in [7, 11) is 0. The Morgan fingerprint density at radius 2 is 2.06 bits per heavy atom. The first-order valence-corrected chi connectivity index (χ1v) is 10.5. The van der Waals surface area contributed by atoms with Crippen LogP contribution in [0.1, 0.15) is 6.92 Å². The molecule has 3 aromatic rings. The van der Waals surface area contributed by atoms with Crippen LogP contribution in [0.2, 0.25) is 0 Å². The number of ether oxygens (including phenoxy) is 3. The van der Waals surface area contributed by atoms with E-state index < -0.39 is 18.9 Å². The van der Waals surface area contributed by atoms with Crippen LogP contribution in [0.15, 0.2) is 28.9 Å². The van der Waals surface area contributed by atoms with Gasteiger partial charge in [-0.2, -0.15) is 4.80 Å². The molecule has 1 N–H and O–H groups in total. The second kappa shape index (κ2) is 10.1. The number of hydrogen-bond acceptors (Lipinski definition) is 9. The molecule has 1 aromatic carbocycles.